The van der Waals surface area contributed by atoms with Crippen LogP contribution < -0.4 is 10.6 Å². The normalized spacial score (nSPS) is 11.5. The van der Waals surface area contributed by atoms with Gasteiger partial charge in [0.1, 0.15) is 6.04 Å². The highest BCUT2D eigenvalue weighted by atomic mass is 16.2. The van der Waals surface area contributed by atoms with Crippen molar-refractivity contribution < 1.29 is 9.59 Å². The van der Waals surface area contributed by atoms with Crippen LogP contribution in [0.2, 0.25) is 0 Å². The van der Waals surface area contributed by atoms with Crippen LogP contribution in [0.15, 0.2) is 116 Å². The van der Waals surface area contributed by atoms with Gasteiger partial charge in [0.2, 0.25) is 11.8 Å². The number of carbonyl (C=O) groups excluding carboxylic acids is 2. The van der Waals surface area contributed by atoms with Crippen LogP contribution >= 0.6 is 0 Å². The summed E-state index contributed by atoms with van der Waals surface area (Å²) in [4.78, 5) is 30.9. The summed E-state index contributed by atoms with van der Waals surface area (Å²) in [5.41, 5.74) is 3.33. The quantitative estimate of drug-likeness (QED) is 0.431. The fourth-order valence-electron chi connectivity index (χ4n) is 3.75. The highest BCUT2D eigenvalue weighted by molar-refractivity contribution is 5.93. The lowest BCUT2D eigenvalue weighted by atomic mass is 9.90. The van der Waals surface area contributed by atoms with E-state index in [-0.39, 0.29) is 11.8 Å². The van der Waals surface area contributed by atoms with E-state index in [1.165, 1.54) is 0 Å². The molecule has 0 aliphatic carbocycles. The van der Waals surface area contributed by atoms with Gasteiger partial charge in [0.15, 0.2) is 0 Å². The Hall–Kier alpha value is -4.25. The summed E-state index contributed by atoms with van der Waals surface area (Å²) in [5, 5.41) is 5.93. The van der Waals surface area contributed by atoms with Gasteiger partial charge in [0.25, 0.3) is 0 Å². The minimum atomic E-state index is -0.828. The van der Waals surface area contributed by atoms with E-state index in [9.17, 15) is 9.59 Å². The molecule has 33 heavy (non-hydrogen) atoms. The Morgan fingerprint density at radius 2 is 1.21 bits per heavy atom. The van der Waals surface area contributed by atoms with Gasteiger partial charge in [0, 0.05) is 18.9 Å². The van der Waals surface area contributed by atoms with Crippen molar-refractivity contribution in [1.82, 2.24) is 15.6 Å². The Balaban J connectivity index is 1.60. The van der Waals surface area contributed by atoms with Crippen molar-refractivity contribution in [2.24, 2.45) is 0 Å². The molecule has 0 saturated heterocycles. The monoisotopic (exact) mass is 435 g/mol. The molecule has 2 amide bonds. The smallest absolute Gasteiger partial charge is 0.247 e. The molecule has 3 aromatic carbocycles. The number of benzene rings is 3. The van der Waals surface area contributed by atoms with Crippen molar-refractivity contribution >= 4 is 11.8 Å². The zero-order valence-corrected chi connectivity index (χ0v) is 18.1. The maximum Gasteiger partial charge on any atom is 0.247 e. The molecule has 1 heterocycles. The average Bonchev–Trinajstić information content (AvgIpc) is 2.88. The molecule has 1 atom stereocenters. The number of hydrogen-bond acceptors (Lipinski definition) is 3. The number of rotatable bonds is 8. The van der Waals surface area contributed by atoms with E-state index in [1.807, 2.05) is 103 Å². The number of carbonyl (C=O) groups is 2. The molecular formula is C28H25N3O2. The van der Waals surface area contributed by atoms with E-state index < -0.39 is 12.0 Å². The van der Waals surface area contributed by atoms with E-state index in [0.29, 0.717) is 6.54 Å². The van der Waals surface area contributed by atoms with Crippen LogP contribution in [0.4, 0.5) is 0 Å². The van der Waals surface area contributed by atoms with Crippen LogP contribution in [0.5, 0.6) is 0 Å². The van der Waals surface area contributed by atoms with E-state index in [1.54, 1.807) is 12.4 Å². The fourth-order valence-corrected chi connectivity index (χ4v) is 3.75. The minimum absolute atomic E-state index is 0.238. The number of pyridine rings is 1. The van der Waals surface area contributed by atoms with Crippen molar-refractivity contribution in [3.05, 3.63) is 138 Å². The lowest BCUT2D eigenvalue weighted by Gasteiger charge is -2.23. The summed E-state index contributed by atoms with van der Waals surface area (Å²) in [6.45, 7) is 0.326. The second kappa shape index (κ2) is 10.9. The van der Waals surface area contributed by atoms with E-state index >= 15 is 0 Å². The number of hydrogen-bond donors (Lipinski definition) is 2. The van der Waals surface area contributed by atoms with Crippen molar-refractivity contribution in [1.29, 1.82) is 0 Å². The molecule has 2 N–H and O–H groups in total. The zero-order valence-electron chi connectivity index (χ0n) is 18.1. The second-order valence-electron chi connectivity index (χ2n) is 7.69. The second-order valence-corrected chi connectivity index (χ2v) is 7.69. The van der Waals surface area contributed by atoms with Gasteiger partial charge in [-0.1, -0.05) is 97.1 Å². The van der Waals surface area contributed by atoms with Gasteiger partial charge in [-0.3, -0.25) is 14.6 Å². The van der Waals surface area contributed by atoms with Gasteiger partial charge in [-0.25, -0.2) is 0 Å². The Labute approximate surface area is 193 Å². The van der Waals surface area contributed by atoms with E-state index in [2.05, 4.69) is 15.6 Å². The SMILES string of the molecule is O=C(NCc1cccnc1)C(NC(=O)C(c1ccccc1)c1ccccc1)c1ccccc1. The number of amides is 2. The number of nitrogens with one attached hydrogen (secondary N) is 2. The molecule has 1 unspecified atom stereocenters. The third-order valence-corrected chi connectivity index (χ3v) is 5.40. The molecule has 0 aliphatic rings. The lowest BCUT2D eigenvalue weighted by Crippen LogP contribution is -2.42. The van der Waals surface area contributed by atoms with Gasteiger partial charge >= 0.3 is 0 Å². The van der Waals surface area contributed by atoms with Gasteiger partial charge in [-0.2, -0.15) is 0 Å². The molecule has 0 fully saturated rings. The third-order valence-electron chi connectivity index (χ3n) is 5.40. The van der Waals surface area contributed by atoms with Crippen LogP contribution in [0.1, 0.15) is 34.2 Å². The van der Waals surface area contributed by atoms with Crippen LogP contribution in [-0.2, 0) is 16.1 Å². The summed E-state index contributed by atoms with van der Waals surface area (Å²) in [5.74, 6) is -1.05. The Morgan fingerprint density at radius 1 is 0.667 bits per heavy atom. The predicted octanol–water partition coefficient (Wildman–Crippen LogP) is 4.39. The van der Waals surface area contributed by atoms with E-state index in [4.69, 9.17) is 0 Å². The van der Waals surface area contributed by atoms with Crippen LogP contribution in [0.25, 0.3) is 0 Å². The maximum absolute atomic E-state index is 13.6. The summed E-state index contributed by atoms with van der Waals surface area (Å²) < 4.78 is 0. The molecule has 1 aromatic heterocycles. The highest BCUT2D eigenvalue weighted by Crippen LogP contribution is 2.26. The average molecular weight is 436 g/mol. The van der Waals surface area contributed by atoms with Crippen LogP contribution in [-0.4, -0.2) is 16.8 Å². The molecule has 5 heteroatoms. The summed E-state index contributed by atoms with van der Waals surface area (Å²) in [6.07, 6.45) is 3.39. The summed E-state index contributed by atoms with van der Waals surface area (Å²) in [7, 11) is 0. The van der Waals surface area contributed by atoms with Gasteiger partial charge < -0.3 is 10.6 Å². The molecule has 5 nitrogen and oxygen atoms in total. The zero-order chi connectivity index (χ0) is 22.9. The standard InChI is InChI=1S/C28H25N3O2/c32-27(25(22-12-4-1-5-13-22)23-14-6-2-7-15-23)31-26(24-16-8-3-9-17-24)28(33)30-20-21-11-10-18-29-19-21/h1-19,25-26H,20H2,(H,30,33)(H,31,32). The Morgan fingerprint density at radius 3 is 1.73 bits per heavy atom. The molecule has 0 radical (unpaired) electrons. The van der Waals surface area contributed by atoms with Crippen molar-refractivity contribution in [3.8, 4) is 0 Å². The molecule has 4 aromatic rings. The molecule has 0 bridgehead atoms. The fraction of sp³-hybridized carbons (Fsp3) is 0.107. The highest BCUT2D eigenvalue weighted by Gasteiger charge is 2.28. The number of nitrogens with zero attached hydrogens (tertiary/aromatic N) is 1. The first-order valence-electron chi connectivity index (χ1n) is 10.8. The molecule has 164 valence electrons. The largest absolute Gasteiger partial charge is 0.350 e. The van der Waals surface area contributed by atoms with E-state index in [0.717, 1.165) is 22.3 Å². The lowest BCUT2D eigenvalue weighted by molar-refractivity contribution is -0.129. The van der Waals surface area contributed by atoms with Gasteiger partial charge in [-0.15, -0.1) is 0 Å². The minimum Gasteiger partial charge on any atom is -0.350 e. The summed E-state index contributed by atoms with van der Waals surface area (Å²) >= 11 is 0. The van der Waals surface area contributed by atoms with Crippen molar-refractivity contribution in [2.75, 3.05) is 0 Å². The molecule has 0 spiro atoms. The topological polar surface area (TPSA) is 71.1 Å². The third kappa shape index (κ3) is 5.71. The predicted molar refractivity (Wildman–Crippen MR) is 128 cm³/mol. The Kier molecular flexibility index (Phi) is 7.23. The summed E-state index contributed by atoms with van der Waals surface area (Å²) in [6, 6.07) is 31.4. The van der Waals surface area contributed by atoms with Gasteiger partial charge in [-0.05, 0) is 28.3 Å². The van der Waals surface area contributed by atoms with Crippen LogP contribution in [0.3, 0.4) is 0 Å². The Bertz CT molecular complexity index is 1130. The van der Waals surface area contributed by atoms with Crippen LogP contribution in [0, 0.1) is 0 Å². The molecule has 0 saturated carbocycles. The van der Waals surface area contributed by atoms with Crippen molar-refractivity contribution in [3.63, 3.8) is 0 Å². The number of aromatic nitrogens is 1. The van der Waals surface area contributed by atoms with Crippen molar-refractivity contribution in [2.45, 2.75) is 18.5 Å². The van der Waals surface area contributed by atoms with Gasteiger partial charge in [0.05, 0.1) is 5.92 Å². The first-order chi connectivity index (χ1) is 16.2. The first kappa shape index (κ1) is 22.0. The molecule has 4 rings (SSSR count). The molecule has 0 aliphatic heterocycles. The maximum atomic E-state index is 13.6. The first-order valence-corrected chi connectivity index (χ1v) is 10.8. The molecular weight excluding hydrogens is 410 g/mol.